The minimum Gasteiger partial charge on any atom is -0.370 e. The van der Waals surface area contributed by atoms with Crippen LogP contribution in [-0.2, 0) is 10.0 Å². The van der Waals surface area contributed by atoms with Crippen LogP contribution in [0.25, 0.3) is 10.8 Å². The van der Waals surface area contributed by atoms with Crippen molar-refractivity contribution in [1.29, 1.82) is 0 Å². The Labute approximate surface area is 172 Å². The summed E-state index contributed by atoms with van der Waals surface area (Å²) in [4.78, 5) is 2.64. The number of fused-ring (bicyclic) bond motifs is 1. The molecule has 5 nitrogen and oxygen atoms in total. The molecule has 7 heteroatoms. The van der Waals surface area contributed by atoms with E-state index < -0.39 is 10.0 Å². The predicted molar refractivity (Wildman–Crippen MR) is 118 cm³/mol. The molecule has 0 unspecified atom stereocenters. The van der Waals surface area contributed by atoms with Crippen LogP contribution in [0.4, 0.5) is 11.4 Å². The molecule has 3 aromatic rings. The van der Waals surface area contributed by atoms with Crippen molar-refractivity contribution in [3.63, 3.8) is 0 Å². The van der Waals surface area contributed by atoms with Crippen molar-refractivity contribution < 1.29 is 8.42 Å². The van der Waals surface area contributed by atoms with Gasteiger partial charge in [0, 0.05) is 41.8 Å². The smallest absolute Gasteiger partial charge is 0.262 e. The van der Waals surface area contributed by atoms with Crippen molar-refractivity contribution in [2.45, 2.75) is 11.3 Å². The fourth-order valence-electron chi connectivity index (χ4n) is 3.57. The van der Waals surface area contributed by atoms with Crippen LogP contribution < -0.4 is 14.9 Å². The van der Waals surface area contributed by atoms with Crippen LogP contribution in [0.15, 0.2) is 71.6 Å². The van der Waals surface area contributed by atoms with Gasteiger partial charge in [-0.15, -0.1) is 12.4 Å². The van der Waals surface area contributed by atoms with Crippen molar-refractivity contribution >= 4 is 44.6 Å². The molecule has 28 heavy (non-hydrogen) atoms. The van der Waals surface area contributed by atoms with Crippen molar-refractivity contribution in [2.75, 3.05) is 35.8 Å². The number of para-hydroxylation sites is 1. The standard InChI is InChI=1S/C21H23N3O2S.ClH/c25-27(26,23-17-7-2-1-3-8-17)21-12-11-20(18-9-4-5-10-19(18)21)24-15-6-13-22-14-16-24;/h1-5,7-12,22-23H,6,13-16H2;1H. The molecule has 0 atom stereocenters. The fraction of sp³-hybridized carbons (Fsp3) is 0.238. The van der Waals surface area contributed by atoms with Crippen LogP contribution in [0.3, 0.4) is 0 Å². The molecule has 1 saturated heterocycles. The zero-order valence-electron chi connectivity index (χ0n) is 15.5. The maximum atomic E-state index is 13.0. The fourth-order valence-corrected chi connectivity index (χ4v) is 4.84. The molecule has 2 N–H and O–H groups in total. The lowest BCUT2D eigenvalue weighted by Crippen LogP contribution is -2.28. The molecule has 0 saturated carbocycles. The molecule has 1 aliphatic heterocycles. The molecule has 1 heterocycles. The van der Waals surface area contributed by atoms with Gasteiger partial charge in [0.1, 0.15) is 0 Å². The summed E-state index contributed by atoms with van der Waals surface area (Å²) in [5.74, 6) is 0. The summed E-state index contributed by atoms with van der Waals surface area (Å²) in [7, 11) is -3.68. The SMILES string of the molecule is Cl.O=S(=O)(Nc1ccccc1)c1ccc(N2CCCNCC2)c2ccccc12. The summed E-state index contributed by atoms with van der Waals surface area (Å²) in [5.41, 5.74) is 1.65. The van der Waals surface area contributed by atoms with Gasteiger partial charge in [-0.1, -0.05) is 42.5 Å². The first-order valence-corrected chi connectivity index (χ1v) is 10.7. The first-order valence-electron chi connectivity index (χ1n) is 9.20. The van der Waals surface area contributed by atoms with Gasteiger partial charge in [-0.3, -0.25) is 4.72 Å². The second kappa shape index (κ2) is 8.82. The summed E-state index contributed by atoms with van der Waals surface area (Å²) < 4.78 is 28.7. The molecule has 0 radical (unpaired) electrons. The van der Waals surface area contributed by atoms with Crippen LogP contribution >= 0.6 is 12.4 Å². The number of halogens is 1. The number of nitrogens with one attached hydrogen (secondary N) is 2. The lowest BCUT2D eigenvalue weighted by Gasteiger charge is -2.25. The molecular formula is C21H24ClN3O2S. The molecule has 4 rings (SSSR count). The second-order valence-electron chi connectivity index (χ2n) is 6.69. The summed E-state index contributed by atoms with van der Waals surface area (Å²) in [6, 6.07) is 20.4. The third kappa shape index (κ3) is 4.24. The highest BCUT2D eigenvalue weighted by atomic mass is 35.5. The number of nitrogens with zero attached hydrogens (tertiary/aromatic N) is 1. The van der Waals surface area contributed by atoms with E-state index in [9.17, 15) is 8.42 Å². The van der Waals surface area contributed by atoms with E-state index in [-0.39, 0.29) is 12.4 Å². The lowest BCUT2D eigenvalue weighted by atomic mass is 10.1. The highest BCUT2D eigenvalue weighted by molar-refractivity contribution is 7.93. The molecule has 3 aromatic carbocycles. The Balaban J connectivity index is 0.00000225. The molecule has 0 bridgehead atoms. The van der Waals surface area contributed by atoms with E-state index in [4.69, 9.17) is 0 Å². The summed E-state index contributed by atoms with van der Waals surface area (Å²) in [5, 5.41) is 5.12. The monoisotopic (exact) mass is 417 g/mol. The third-order valence-electron chi connectivity index (χ3n) is 4.86. The average molecular weight is 418 g/mol. The molecule has 1 fully saturated rings. The Kier molecular flexibility index (Phi) is 6.44. The number of hydrogen-bond donors (Lipinski definition) is 2. The zero-order valence-corrected chi connectivity index (χ0v) is 17.1. The summed E-state index contributed by atoms with van der Waals surface area (Å²) in [6.45, 7) is 3.83. The maximum Gasteiger partial charge on any atom is 0.262 e. The largest absolute Gasteiger partial charge is 0.370 e. The van der Waals surface area contributed by atoms with E-state index in [1.54, 1.807) is 18.2 Å². The Hall–Kier alpha value is -2.28. The Morgan fingerprint density at radius 3 is 2.32 bits per heavy atom. The van der Waals surface area contributed by atoms with Gasteiger partial charge < -0.3 is 10.2 Å². The van der Waals surface area contributed by atoms with E-state index in [2.05, 4.69) is 14.9 Å². The number of rotatable bonds is 4. The van der Waals surface area contributed by atoms with Crippen LogP contribution in [0.5, 0.6) is 0 Å². The Morgan fingerprint density at radius 2 is 1.54 bits per heavy atom. The molecule has 0 spiro atoms. The summed E-state index contributed by atoms with van der Waals surface area (Å²) in [6.07, 6.45) is 1.07. The number of benzene rings is 3. The van der Waals surface area contributed by atoms with Crippen molar-refractivity contribution in [2.24, 2.45) is 0 Å². The Morgan fingerprint density at radius 1 is 0.821 bits per heavy atom. The van der Waals surface area contributed by atoms with Gasteiger partial charge in [-0.05, 0) is 37.2 Å². The molecule has 0 aromatic heterocycles. The lowest BCUT2D eigenvalue weighted by molar-refractivity contribution is 0.602. The topological polar surface area (TPSA) is 61.4 Å². The minimum absolute atomic E-state index is 0. The quantitative estimate of drug-likeness (QED) is 0.676. The van der Waals surface area contributed by atoms with Gasteiger partial charge in [0.2, 0.25) is 0 Å². The first-order chi connectivity index (χ1) is 13.1. The third-order valence-corrected chi connectivity index (χ3v) is 6.30. The summed E-state index contributed by atoms with van der Waals surface area (Å²) >= 11 is 0. The van der Waals surface area contributed by atoms with E-state index in [1.807, 2.05) is 48.5 Å². The van der Waals surface area contributed by atoms with E-state index in [0.29, 0.717) is 10.6 Å². The minimum atomic E-state index is -3.68. The average Bonchev–Trinajstić information content (AvgIpc) is 2.97. The maximum absolute atomic E-state index is 13.0. The van der Waals surface area contributed by atoms with E-state index in [0.717, 1.165) is 49.1 Å². The number of hydrogen-bond acceptors (Lipinski definition) is 4. The van der Waals surface area contributed by atoms with Crippen molar-refractivity contribution in [1.82, 2.24) is 5.32 Å². The normalized spacial score (nSPS) is 14.9. The van der Waals surface area contributed by atoms with Crippen LogP contribution in [0.1, 0.15) is 6.42 Å². The second-order valence-corrected chi connectivity index (χ2v) is 8.34. The van der Waals surface area contributed by atoms with Crippen LogP contribution in [0, 0.1) is 0 Å². The van der Waals surface area contributed by atoms with Gasteiger partial charge in [0.25, 0.3) is 10.0 Å². The molecular weight excluding hydrogens is 394 g/mol. The highest BCUT2D eigenvalue weighted by Gasteiger charge is 2.21. The van der Waals surface area contributed by atoms with Gasteiger partial charge in [-0.25, -0.2) is 8.42 Å². The van der Waals surface area contributed by atoms with Gasteiger partial charge in [-0.2, -0.15) is 0 Å². The van der Waals surface area contributed by atoms with Gasteiger partial charge >= 0.3 is 0 Å². The molecule has 1 aliphatic rings. The molecule has 148 valence electrons. The van der Waals surface area contributed by atoms with Crippen molar-refractivity contribution in [3.05, 3.63) is 66.7 Å². The first kappa shape index (κ1) is 20.5. The number of sulfonamides is 1. The zero-order chi connectivity index (χ0) is 18.7. The predicted octanol–water partition coefficient (Wildman–Crippen LogP) is 3.86. The van der Waals surface area contributed by atoms with Gasteiger partial charge in [0.15, 0.2) is 0 Å². The van der Waals surface area contributed by atoms with Crippen LogP contribution in [-0.4, -0.2) is 34.6 Å². The van der Waals surface area contributed by atoms with Crippen LogP contribution in [0.2, 0.25) is 0 Å². The van der Waals surface area contributed by atoms with E-state index in [1.165, 1.54) is 0 Å². The Bertz CT molecular complexity index is 1030. The number of anilines is 2. The molecule has 0 amide bonds. The van der Waals surface area contributed by atoms with Crippen molar-refractivity contribution in [3.8, 4) is 0 Å². The molecule has 0 aliphatic carbocycles. The van der Waals surface area contributed by atoms with E-state index >= 15 is 0 Å². The highest BCUT2D eigenvalue weighted by Crippen LogP contribution is 2.33. The van der Waals surface area contributed by atoms with Gasteiger partial charge in [0.05, 0.1) is 4.90 Å².